The minimum Gasteiger partial charge on any atom is -0.495 e. The number of urea groups is 1. The van der Waals surface area contributed by atoms with Gasteiger partial charge in [-0.05, 0) is 47.1 Å². The van der Waals surface area contributed by atoms with Crippen LogP contribution in [0.3, 0.4) is 0 Å². The number of esters is 1. The lowest BCUT2D eigenvalue weighted by molar-refractivity contribution is -0.141. The van der Waals surface area contributed by atoms with E-state index in [1.807, 2.05) is 12.1 Å². The number of methoxy groups -OCH3 is 1. The quantitative estimate of drug-likeness (QED) is 0.551. The van der Waals surface area contributed by atoms with Crippen LogP contribution in [0.5, 0.6) is 5.75 Å². The first-order valence-corrected chi connectivity index (χ1v) is 8.35. The number of amides is 2. The average Bonchev–Trinajstić information content (AvgIpc) is 2.44. The largest absolute Gasteiger partial charge is 0.495 e. The lowest BCUT2D eigenvalue weighted by Crippen LogP contribution is -2.34. The van der Waals surface area contributed by atoms with E-state index in [1.54, 1.807) is 14.0 Å². The zero-order chi connectivity index (χ0) is 17.6. The van der Waals surface area contributed by atoms with Crippen LogP contribution >= 0.6 is 22.6 Å². The summed E-state index contributed by atoms with van der Waals surface area (Å²) in [6, 6.07) is 3.24. The minimum absolute atomic E-state index is 0.135. The number of anilines is 1. The second-order valence-electron chi connectivity index (χ2n) is 5.90. The number of ether oxygens (including phenoxy) is 2. The van der Waals surface area contributed by atoms with E-state index in [9.17, 15) is 9.59 Å². The first-order valence-electron chi connectivity index (χ1n) is 7.27. The Morgan fingerprint density at radius 3 is 2.43 bits per heavy atom. The van der Waals surface area contributed by atoms with Crippen molar-refractivity contribution in [2.45, 2.75) is 33.1 Å². The highest BCUT2D eigenvalue weighted by Gasteiger charge is 2.22. The summed E-state index contributed by atoms with van der Waals surface area (Å²) in [6.45, 7) is 8.06. The van der Waals surface area contributed by atoms with E-state index in [0.717, 1.165) is 14.9 Å². The SMILES string of the molecule is CCOC(=O)CNC(=O)Nc1cc(I)c(OC)c(C(C)(C)C)c1. The third-order valence-electron chi connectivity index (χ3n) is 3.01. The van der Waals surface area contributed by atoms with Crippen molar-refractivity contribution in [3.05, 3.63) is 21.3 Å². The summed E-state index contributed by atoms with van der Waals surface area (Å²) in [5, 5.41) is 5.19. The Balaban J connectivity index is 2.87. The maximum Gasteiger partial charge on any atom is 0.325 e. The van der Waals surface area contributed by atoms with Gasteiger partial charge in [0, 0.05) is 11.3 Å². The van der Waals surface area contributed by atoms with Gasteiger partial charge in [-0.25, -0.2) is 4.79 Å². The van der Waals surface area contributed by atoms with Crippen molar-refractivity contribution in [2.24, 2.45) is 0 Å². The van der Waals surface area contributed by atoms with E-state index in [1.165, 1.54) is 0 Å². The molecule has 0 saturated heterocycles. The molecule has 7 heteroatoms. The van der Waals surface area contributed by atoms with Crippen molar-refractivity contribution in [3.8, 4) is 5.75 Å². The van der Waals surface area contributed by atoms with Crippen LogP contribution in [-0.4, -0.2) is 32.3 Å². The van der Waals surface area contributed by atoms with Gasteiger partial charge < -0.3 is 20.1 Å². The predicted octanol–water partition coefficient (Wildman–Crippen LogP) is 3.28. The van der Waals surface area contributed by atoms with Gasteiger partial charge in [0.2, 0.25) is 0 Å². The van der Waals surface area contributed by atoms with Crippen LogP contribution in [0.1, 0.15) is 33.3 Å². The topological polar surface area (TPSA) is 76.7 Å². The van der Waals surface area contributed by atoms with Crippen molar-refractivity contribution < 1.29 is 19.1 Å². The van der Waals surface area contributed by atoms with E-state index in [0.29, 0.717) is 5.69 Å². The summed E-state index contributed by atoms with van der Waals surface area (Å²) in [5.74, 6) is 0.331. The fraction of sp³-hybridized carbons (Fsp3) is 0.500. The van der Waals surface area contributed by atoms with Crippen LogP contribution in [0, 0.1) is 3.57 Å². The zero-order valence-electron chi connectivity index (χ0n) is 14.1. The standard InChI is InChI=1S/C16H23IN2O4/c1-6-23-13(20)9-18-15(21)19-10-7-11(16(2,3)4)14(22-5)12(17)8-10/h7-8H,6,9H2,1-5H3,(H2,18,19,21). The minimum atomic E-state index is -0.470. The molecule has 0 saturated carbocycles. The van der Waals surface area contributed by atoms with Crippen molar-refractivity contribution in [1.29, 1.82) is 0 Å². The molecule has 1 aromatic carbocycles. The Labute approximate surface area is 150 Å². The smallest absolute Gasteiger partial charge is 0.325 e. The van der Waals surface area contributed by atoms with Gasteiger partial charge in [0.1, 0.15) is 12.3 Å². The highest BCUT2D eigenvalue weighted by molar-refractivity contribution is 14.1. The van der Waals surface area contributed by atoms with Gasteiger partial charge in [-0.3, -0.25) is 4.79 Å². The molecule has 0 fully saturated rings. The fourth-order valence-corrected chi connectivity index (χ4v) is 2.82. The maximum atomic E-state index is 11.9. The molecule has 2 N–H and O–H groups in total. The van der Waals surface area contributed by atoms with Crippen molar-refractivity contribution in [3.63, 3.8) is 0 Å². The maximum absolute atomic E-state index is 11.9. The number of nitrogens with one attached hydrogen (secondary N) is 2. The molecule has 6 nitrogen and oxygen atoms in total. The molecule has 0 aromatic heterocycles. The molecule has 128 valence electrons. The molecule has 2 amide bonds. The third-order valence-corrected chi connectivity index (χ3v) is 3.81. The Hall–Kier alpha value is -1.51. The monoisotopic (exact) mass is 434 g/mol. The summed E-state index contributed by atoms with van der Waals surface area (Å²) in [7, 11) is 1.63. The molecule has 0 unspecified atom stereocenters. The molecule has 0 atom stereocenters. The van der Waals surface area contributed by atoms with Crippen molar-refractivity contribution in [2.75, 3.05) is 25.6 Å². The molecular weight excluding hydrogens is 411 g/mol. The van der Waals surface area contributed by atoms with Gasteiger partial charge in [0.05, 0.1) is 17.3 Å². The summed E-state index contributed by atoms with van der Waals surface area (Å²) in [5.41, 5.74) is 1.50. The summed E-state index contributed by atoms with van der Waals surface area (Å²) in [4.78, 5) is 23.1. The van der Waals surface area contributed by atoms with E-state index < -0.39 is 12.0 Å². The number of carbonyl (C=O) groups excluding carboxylic acids is 2. The molecule has 0 radical (unpaired) electrons. The normalized spacial score (nSPS) is 10.9. The van der Waals surface area contributed by atoms with Gasteiger partial charge in [0.25, 0.3) is 0 Å². The van der Waals surface area contributed by atoms with Crippen molar-refractivity contribution >= 4 is 40.3 Å². The van der Waals surface area contributed by atoms with Gasteiger partial charge in [-0.1, -0.05) is 20.8 Å². The zero-order valence-corrected chi connectivity index (χ0v) is 16.2. The second-order valence-corrected chi connectivity index (χ2v) is 7.06. The van der Waals surface area contributed by atoms with Gasteiger partial charge in [0.15, 0.2) is 0 Å². The van der Waals surface area contributed by atoms with E-state index in [-0.39, 0.29) is 18.6 Å². The lowest BCUT2D eigenvalue weighted by Gasteiger charge is -2.24. The van der Waals surface area contributed by atoms with E-state index >= 15 is 0 Å². The molecule has 0 aliphatic rings. The predicted molar refractivity (Wildman–Crippen MR) is 98.1 cm³/mol. The molecule has 0 aliphatic heterocycles. The van der Waals surface area contributed by atoms with Gasteiger partial charge in [-0.2, -0.15) is 0 Å². The van der Waals surface area contributed by atoms with Crippen molar-refractivity contribution in [1.82, 2.24) is 5.32 Å². The summed E-state index contributed by atoms with van der Waals surface area (Å²) >= 11 is 2.17. The van der Waals surface area contributed by atoms with Crippen LogP contribution in [0.2, 0.25) is 0 Å². The van der Waals surface area contributed by atoms with Crippen LogP contribution in [0.15, 0.2) is 12.1 Å². The molecule has 23 heavy (non-hydrogen) atoms. The van der Waals surface area contributed by atoms with Crippen LogP contribution in [-0.2, 0) is 14.9 Å². The van der Waals surface area contributed by atoms with Crippen LogP contribution in [0.4, 0.5) is 10.5 Å². The molecule has 0 bridgehead atoms. The second kappa shape index (κ2) is 8.37. The lowest BCUT2D eigenvalue weighted by atomic mass is 9.86. The molecule has 0 aliphatic carbocycles. The summed E-state index contributed by atoms with van der Waals surface area (Å²) < 4.78 is 11.1. The molecule has 1 rings (SSSR count). The Morgan fingerprint density at radius 1 is 1.26 bits per heavy atom. The fourth-order valence-electron chi connectivity index (χ4n) is 1.97. The Morgan fingerprint density at radius 2 is 1.91 bits per heavy atom. The number of benzene rings is 1. The summed E-state index contributed by atoms with van der Waals surface area (Å²) in [6.07, 6.45) is 0. The molecule has 1 aromatic rings. The van der Waals surface area contributed by atoms with E-state index in [2.05, 4.69) is 54.0 Å². The number of rotatable bonds is 5. The number of halogens is 1. The van der Waals surface area contributed by atoms with Crippen LogP contribution < -0.4 is 15.4 Å². The molecular formula is C16H23IN2O4. The highest BCUT2D eigenvalue weighted by Crippen LogP contribution is 2.37. The number of hydrogen-bond donors (Lipinski definition) is 2. The average molecular weight is 434 g/mol. The number of hydrogen-bond acceptors (Lipinski definition) is 4. The Bertz CT molecular complexity index is 582. The first kappa shape index (κ1) is 19.5. The van der Waals surface area contributed by atoms with Gasteiger partial charge >= 0.3 is 12.0 Å². The van der Waals surface area contributed by atoms with Gasteiger partial charge in [-0.15, -0.1) is 0 Å². The molecule has 0 heterocycles. The van der Waals surface area contributed by atoms with Crippen LogP contribution in [0.25, 0.3) is 0 Å². The first-order chi connectivity index (χ1) is 10.7. The van der Waals surface area contributed by atoms with E-state index in [4.69, 9.17) is 9.47 Å². The third kappa shape index (κ3) is 5.89. The number of carbonyl (C=O) groups is 2. The highest BCUT2D eigenvalue weighted by atomic mass is 127. The Kier molecular flexibility index (Phi) is 7.11. The molecule has 0 spiro atoms.